The highest BCUT2D eigenvalue weighted by Crippen LogP contribution is 2.34. The highest BCUT2D eigenvalue weighted by atomic mass is 32.2. The summed E-state index contributed by atoms with van der Waals surface area (Å²) in [7, 11) is 0. The normalized spacial score (nSPS) is 17.2. The number of para-hydroxylation sites is 1. The second kappa shape index (κ2) is 9.80. The first-order valence-corrected chi connectivity index (χ1v) is 13.4. The molecule has 1 aromatic heterocycles. The number of thioether (sulfide) groups is 1. The van der Waals surface area contributed by atoms with E-state index in [1.54, 1.807) is 29.2 Å². The van der Waals surface area contributed by atoms with Gasteiger partial charge in [-0.1, -0.05) is 42.0 Å². The van der Waals surface area contributed by atoms with Gasteiger partial charge in [-0.05, 0) is 43.9 Å². The fourth-order valence-electron chi connectivity index (χ4n) is 4.44. The summed E-state index contributed by atoms with van der Waals surface area (Å²) in [5.74, 6) is 1.82. The smallest absolute Gasteiger partial charge is 0.275 e. The van der Waals surface area contributed by atoms with Crippen LogP contribution in [-0.2, 0) is 6.42 Å². The zero-order valence-corrected chi connectivity index (χ0v) is 20.9. The molecule has 0 radical (unpaired) electrons. The maximum atomic E-state index is 13.6. The Morgan fingerprint density at radius 2 is 2.06 bits per heavy atom. The third kappa shape index (κ3) is 4.57. The molecule has 2 aliphatic heterocycles. The Morgan fingerprint density at radius 1 is 1.21 bits per heavy atom. The van der Waals surface area contributed by atoms with Crippen molar-refractivity contribution < 1.29 is 14.3 Å². The molecular formula is C26H27N3O3S2. The number of nitrogens with one attached hydrogen (secondary N) is 1. The maximum Gasteiger partial charge on any atom is 0.275 e. The molecule has 0 saturated carbocycles. The number of carbonyl (C=O) groups is 2. The van der Waals surface area contributed by atoms with Crippen molar-refractivity contribution in [3.8, 4) is 16.2 Å². The number of benzene rings is 2. The zero-order valence-electron chi connectivity index (χ0n) is 19.3. The Kier molecular flexibility index (Phi) is 6.61. The average Bonchev–Trinajstić information content (AvgIpc) is 3.48. The van der Waals surface area contributed by atoms with E-state index in [0.717, 1.165) is 45.2 Å². The topological polar surface area (TPSA) is 71.5 Å². The maximum absolute atomic E-state index is 13.6. The van der Waals surface area contributed by atoms with Gasteiger partial charge in [0.15, 0.2) is 0 Å². The summed E-state index contributed by atoms with van der Waals surface area (Å²) < 4.78 is 5.79. The predicted octanol–water partition coefficient (Wildman–Crippen LogP) is 4.70. The Balaban J connectivity index is 1.32. The van der Waals surface area contributed by atoms with E-state index in [1.165, 1.54) is 0 Å². The Hall–Kier alpha value is -2.84. The van der Waals surface area contributed by atoms with Crippen molar-refractivity contribution in [2.24, 2.45) is 0 Å². The first-order chi connectivity index (χ1) is 16.5. The van der Waals surface area contributed by atoms with Crippen molar-refractivity contribution in [1.29, 1.82) is 0 Å². The predicted molar refractivity (Wildman–Crippen MR) is 137 cm³/mol. The van der Waals surface area contributed by atoms with E-state index in [-0.39, 0.29) is 17.9 Å². The lowest BCUT2D eigenvalue weighted by atomic mass is 10.0. The third-order valence-corrected chi connectivity index (χ3v) is 8.24. The van der Waals surface area contributed by atoms with E-state index in [1.807, 2.05) is 49.1 Å². The number of hydrogen-bond donors (Lipinski definition) is 1. The molecule has 0 bridgehead atoms. The van der Waals surface area contributed by atoms with Crippen LogP contribution in [-0.4, -0.2) is 52.5 Å². The van der Waals surface area contributed by atoms with E-state index in [4.69, 9.17) is 4.74 Å². The summed E-state index contributed by atoms with van der Waals surface area (Å²) in [6, 6.07) is 13.8. The van der Waals surface area contributed by atoms with E-state index in [2.05, 4.69) is 16.4 Å². The van der Waals surface area contributed by atoms with E-state index in [0.29, 0.717) is 36.0 Å². The third-order valence-electron chi connectivity index (χ3n) is 6.14. The standard InChI is InChI=1S/C26H27N3O3S2/c1-16-6-3-8-19(12-16)24-22(28-17(2)34-24)26(31)29-15-33-14-20(29)13-27-25(30)21-10-4-7-18-9-5-11-32-23(18)21/h3-4,6-8,10,12,20H,5,9,11,13-15H2,1-2H3,(H,27,30)/t20-/m1/s1. The molecule has 1 atom stereocenters. The fraction of sp³-hybridized carbons (Fsp3) is 0.346. The molecule has 0 unspecified atom stereocenters. The molecule has 2 aliphatic rings. The minimum Gasteiger partial charge on any atom is -0.492 e. The van der Waals surface area contributed by atoms with Gasteiger partial charge in [-0.25, -0.2) is 4.98 Å². The van der Waals surface area contributed by atoms with Gasteiger partial charge < -0.3 is 15.0 Å². The van der Waals surface area contributed by atoms with Crippen LogP contribution in [0.1, 0.15) is 43.4 Å². The number of fused-ring (bicyclic) bond motifs is 1. The highest BCUT2D eigenvalue weighted by molar-refractivity contribution is 7.99. The van der Waals surface area contributed by atoms with Crippen LogP contribution in [0.25, 0.3) is 10.4 Å². The van der Waals surface area contributed by atoms with Crippen molar-refractivity contribution in [1.82, 2.24) is 15.2 Å². The molecule has 3 aromatic rings. The quantitative estimate of drug-likeness (QED) is 0.558. The van der Waals surface area contributed by atoms with Crippen LogP contribution in [0.5, 0.6) is 5.75 Å². The lowest BCUT2D eigenvalue weighted by molar-refractivity contribution is 0.0731. The molecule has 8 heteroatoms. The van der Waals surface area contributed by atoms with Gasteiger partial charge in [-0.15, -0.1) is 23.1 Å². The van der Waals surface area contributed by atoms with Crippen molar-refractivity contribution in [3.63, 3.8) is 0 Å². The van der Waals surface area contributed by atoms with Gasteiger partial charge in [0.2, 0.25) is 0 Å². The minimum atomic E-state index is -0.159. The summed E-state index contributed by atoms with van der Waals surface area (Å²) in [4.78, 5) is 33.9. The Bertz CT molecular complexity index is 1240. The van der Waals surface area contributed by atoms with E-state index >= 15 is 0 Å². The number of ether oxygens (including phenoxy) is 1. The summed E-state index contributed by atoms with van der Waals surface area (Å²) in [5.41, 5.74) is 4.30. The number of amides is 2. The lowest BCUT2D eigenvalue weighted by Crippen LogP contribution is -2.44. The fourth-order valence-corrected chi connectivity index (χ4v) is 6.55. The van der Waals surface area contributed by atoms with Gasteiger partial charge in [0.1, 0.15) is 11.4 Å². The Morgan fingerprint density at radius 3 is 2.91 bits per heavy atom. The van der Waals surface area contributed by atoms with Crippen LogP contribution in [0.2, 0.25) is 0 Å². The van der Waals surface area contributed by atoms with Crippen molar-refractivity contribution in [2.75, 3.05) is 24.8 Å². The van der Waals surface area contributed by atoms with Crippen LogP contribution in [0.4, 0.5) is 0 Å². The molecule has 6 nitrogen and oxygen atoms in total. The molecule has 176 valence electrons. The number of carbonyl (C=O) groups excluding carboxylic acids is 2. The summed E-state index contributed by atoms with van der Waals surface area (Å²) in [6.45, 7) is 5.00. The lowest BCUT2D eigenvalue weighted by Gasteiger charge is -2.24. The van der Waals surface area contributed by atoms with Crippen molar-refractivity contribution >= 4 is 34.9 Å². The Labute approximate surface area is 207 Å². The molecule has 2 aromatic carbocycles. The number of aryl methyl sites for hydroxylation is 3. The minimum absolute atomic E-state index is 0.0782. The number of nitrogens with zero attached hydrogens (tertiary/aromatic N) is 2. The van der Waals surface area contributed by atoms with Crippen LogP contribution in [0.3, 0.4) is 0 Å². The zero-order chi connectivity index (χ0) is 23.7. The molecule has 5 rings (SSSR count). The van der Waals surface area contributed by atoms with Crippen LogP contribution in [0, 0.1) is 13.8 Å². The molecule has 0 spiro atoms. The van der Waals surface area contributed by atoms with Crippen molar-refractivity contribution in [3.05, 3.63) is 69.9 Å². The number of rotatable bonds is 5. The van der Waals surface area contributed by atoms with Gasteiger partial charge >= 0.3 is 0 Å². The molecule has 3 heterocycles. The SMILES string of the molecule is Cc1cccc(-c2sc(C)nc2C(=O)N2CSC[C@H]2CNC(=O)c2cccc3c2OCCC3)c1. The van der Waals surface area contributed by atoms with Crippen LogP contribution in [0.15, 0.2) is 42.5 Å². The van der Waals surface area contributed by atoms with E-state index in [9.17, 15) is 9.59 Å². The monoisotopic (exact) mass is 493 g/mol. The molecule has 1 fully saturated rings. The number of thiazole rings is 1. The highest BCUT2D eigenvalue weighted by Gasteiger charge is 2.33. The molecule has 1 N–H and O–H groups in total. The van der Waals surface area contributed by atoms with E-state index < -0.39 is 0 Å². The van der Waals surface area contributed by atoms with Gasteiger partial charge in [-0.2, -0.15) is 0 Å². The van der Waals surface area contributed by atoms with Crippen LogP contribution < -0.4 is 10.1 Å². The van der Waals surface area contributed by atoms with Crippen LogP contribution >= 0.6 is 23.1 Å². The first-order valence-electron chi connectivity index (χ1n) is 11.5. The van der Waals surface area contributed by atoms with Gasteiger partial charge in [0.25, 0.3) is 11.8 Å². The summed E-state index contributed by atoms with van der Waals surface area (Å²) in [5, 5.41) is 3.91. The molecule has 0 aliphatic carbocycles. The number of aromatic nitrogens is 1. The average molecular weight is 494 g/mol. The largest absolute Gasteiger partial charge is 0.492 e. The number of hydrogen-bond acceptors (Lipinski definition) is 6. The summed E-state index contributed by atoms with van der Waals surface area (Å²) in [6.07, 6.45) is 1.89. The molecule has 1 saturated heterocycles. The molecular weight excluding hydrogens is 466 g/mol. The molecule has 34 heavy (non-hydrogen) atoms. The molecule has 2 amide bonds. The second-order valence-corrected chi connectivity index (χ2v) is 10.9. The first kappa shape index (κ1) is 22.9. The van der Waals surface area contributed by atoms with Gasteiger partial charge in [0.05, 0.1) is 34.0 Å². The van der Waals surface area contributed by atoms with Gasteiger partial charge in [-0.3, -0.25) is 9.59 Å². The van der Waals surface area contributed by atoms with Gasteiger partial charge in [0, 0.05) is 12.3 Å². The summed E-state index contributed by atoms with van der Waals surface area (Å²) >= 11 is 3.24. The van der Waals surface area contributed by atoms with Crippen molar-refractivity contribution in [2.45, 2.75) is 32.7 Å². The second-order valence-electron chi connectivity index (χ2n) is 8.66.